The van der Waals surface area contributed by atoms with Crippen molar-refractivity contribution in [2.24, 2.45) is 0 Å². The number of carbonyl (C=O) groups is 1. The van der Waals surface area contributed by atoms with Crippen LogP contribution in [0.3, 0.4) is 0 Å². The predicted octanol–water partition coefficient (Wildman–Crippen LogP) is 3.59. The van der Waals surface area contributed by atoms with Crippen LogP contribution in [0.2, 0.25) is 0 Å². The second-order valence-electron chi connectivity index (χ2n) is 4.68. The fourth-order valence-electron chi connectivity index (χ4n) is 2.04. The Hall–Kier alpha value is -3.21. The van der Waals surface area contributed by atoms with Gasteiger partial charge in [0.25, 0.3) is 0 Å². The Morgan fingerprint density at radius 1 is 0.909 bits per heavy atom. The lowest BCUT2D eigenvalue weighted by atomic mass is 10.1. The highest BCUT2D eigenvalue weighted by Crippen LogP contribution is 2.19. The number of hydrogen-bond acceptors (Lipinski definition) is 4. The van der Waals surface area contributed by atoms with Crippen LogP contribution in [0.5, 0.6) is 0 Å². The first-order valence-corrected chi connectivity index (χ1v) is 6.72. The summed E-state index contributed by atoms with van der Waals surface area (Å²) in [6.45, 7) is 0. The highest BCUT2D eigenvalue weighted by molar-refractivity contribution is 5.89. The van der Waals surface area contributed by atoms with Gasteiger partial charge in [-0.1, -0.05) is 36.4 Å². The number of hydrogen-bond donors (Lipinski definition) is 2. The molecule has 5 nitrogen and oxygen atoms in total. The maximum Gasteiger partial charge on any atom is 0.335 e. The zero-order valence-electron chi connectivity index (χ0n) is 11.6. The molecule has 0 radical (unpaired) electrons. The Kier molecular flexibility index (Phi) is 3.78. The first-order valence-electron chi connectivity index (χ1n) is 6.72. The summed E-state index contributed by atoms with van der Waals surface area (Å²) in [6, 6.07) is 20.0. The molecule has 0 bridgehead atoms. The van der Waals surface area contributed by atoms with Crippen LogP contribution >= 0.6 is 0 Å². The van der Waals surface area contributed by atoms with E-state index in [2.05, 4.69) is 15.5 Å². The third-order valence-corrected chi connectivity index (χ3v) is 3.12. The van der Waals surface area contributed by atoms with Crippen LogP contribution in [-0.2, 0) is 0 Å². The van der Waals surface area contributed by atoms with Crippen molar-refractivity contribution in [3.05, 3.63) is 72.3 Å². The molecule has 0 aliphatic rings. The molecule has 0 aliphatic carbocycles. The quantitative estimate of drug-likeness (QED) is 0.768. The number of nitrogens with one attached hydrogen (secondary N) is 1. The van der Waals surface area contributed by atoms with Crippen LogP contribution in [0.4, 0.5) is 11.5 Å². The molecule has 22 heavy (non-hydrogen) atoms. The Morgan fingerprint density at radius 3 is 2.41 bits per heavy atom. The van der Waals surface area contributed by atoms with E-state index in [0.29, 0.717) is 11.5 Å². The van der Waals surface area contributed by atoms with E-state index in [1.807, 2.05) is 42.5 Å². The lowest BCUT2D eigenvalue weighted by molar-refractivity contribution is 0.0697. The van der Waals surface area contributed by atoms with Crippen molar-refractivity contribution in [3.63, 3.8) is 0 Å². The second-order valence-corrected chi connectivity index (χ2v) is 4.68. The maximum absolute atomic E-state index is 11.0. The van der Waals surface area contributed by atoms with Gasteiger partial charge in [-0.3, -0.25) is 0 Å². The van der Waals surface area contributed by atoms with E-state index in [-0.39, 0.29) is 5.56 Å². The van der Waals surface area contributed by atoms with Crippen LogP contribution in [0.1, 0.15) is 10.4 Å². The number of carboxylic acids is 1. The lowest BCUT2D eigenvalue weighted by Gasteiger charge is -2.06. The number of aromatic carboxylic acids is 1. The van der Waals surface area contributed by atoms with Crippen LogP contribution in [0, 0.1) is 0 Å². The van der Waals surface area contributed by atoms with E-state index in [1.54, 1.807) is 18.2 Å². The number of carboxylic acid groups (broad SMARTS) is 1. The van der Waals surface area contributed by atoms with E-state index in [1.165, 1.54) is 6.07 Å². The molecule has 108 valence electrons. The van der Waals surface area contributed by atoms with Gasteiger partial charge in [-0.15, -0.1) is 10.2 Å². The molecule has 0 unspecified atom stereocenters. The molecule has 0 fully saturated rings. The summed E-state index contributed by atoms with van der Waals surface area (Å²) in [5.74, 6) is -0.406. The third kappa shape index (κ3) is 3.09. The second kappa shape index (κ2) is 6.05. The van der Waals surface area contributed by atoms with Crippen molar-refractivity contribution in [3.8, 4) is 11.3 Å². The predicted molar refractivity (Wildman–Crippen MR) is 84.2 cm³/mol. The summed E-state index contributed by atoms with van der Waals surface area (Å²) >= 11 is 0. The van der Waals surface area contributed by atoms with Gasteiger partial charge in [0, 0.05) is 11.3 Å². The number of rotatable bonds is 4. The molecule has 5 heteroatoms. The van der Waals surface area contributed by atoms with Crippen molar-refractivity contribution in [2.75, 3.05) is 5.32 Å². The number of anilines is 2. The first kappa shape index (κ1) is 13.8. The Bertz CT molecular complexity index is 787. The Balaban J connectivity index is 1.79. The molecule has 3 rings (SSSR count). The molecular weight excluding hydrogens is 278 g/mol. The largest absolute Gasteiger partial charge is 0.478 e. The molecule has 1 aromatic heterocycles. The van der Waals surface area contributed by atoms with Gasteiger partial charge in [0.15, 0.2) is 5.82 Å². The van der Waals surface area contributed by atoms with E-state index < -0.39 is 5.97 Å². The van der Waals surface area contributed by atoms with Crippen LogP contribution in [-0.4, -0.2) is 21.3 Å². The highest BCUT2D eigenvalue weighted by atomic mass is 16.4. The average molecular weight is 291 g/mol. The van der Waals surface area contributed by atoms with Crippen molar-refractivity contribution in [1.82, 2.24) is 10.2 Å². The molecule has 3 aromatic rings. The van der Waals surface area contributed by atoms with Gasteiger partial charge in [-0.2, -0.15) is 0 Å². The number of benzene rings is 2. The maximum atomic E-state index is 11.0. The summed E-state index contributed by atoms with van der Waals surface area (Å²) in [5, 5.41) is 20.3. The standard InChI is InChI=1S/C17H13N3O2/c21-17(22)13-7-4-8-14(11-13)18-16-10-9-15(19-20-16)12-5-2-1-3-6-12/h1-11H,(H,18,20)(H,21,22). The van der Waals surface area contributed by atoms with Crippen LogP contribution in [0.25, 0.3) is 11.3 Å². The SMILES string of the molecule is O=C(O)c1cccc(Nc2ccc(-c3ccccc3)nn2)c1. The Morgan fingerprint density at radius 2 is 1.73 bits per heavy atom. The van der Waals surface area contributed by atoms with Gasteiger partial charge < -0.3 is 10.4 Å². The summed E-state index contributed by atoms with van der Waals surface area (Å²) < 4.78 is 0. The van der Waals surface area contributed by atoms with Gasteiger partial charge in [0.2, 0.25) is 0 Å². The zero-order chi connectivity index (χ0) is 15.4. The molecule has 0 aliphatic heterocycles. The minimum absolute atomic E-state index is 0.221. The fourth-order valence-corrected chi connectivity index (χ4v) is 2.04. The van der Waals surface area contributed by atoms with Gasteiger partial charge in [-0.05, 0) is 30.3 Å². The van der Waals surface area contributed by atoms with Gasteiger partial charge >= 0.3 is 5.97 Å². The van der Waals surface area contributed by atoms with E-state index in [0.717, 1.165) is 11.3 Å². The molecule has 0 saturated heterocycles. The van der Waals surface area contributed by atoms with Crippen LogP contribution < -0.4 is 5.32 Å². The van der Waals surface area contributed by atoms with Crippen molar-refractivity contribution >= 4 is 17.5 Å². The van der Waals surface area contributed by atoms with Gasteiger partial charge in [0.05, 0.1) is 11.3 Å². The first-order chi connectivity index (χ1) is 10.7. The minimum Gasteiger partial charge on any atom is -0.478 e. The smallest absolute Gasteiger partial charge is 0.335 e. The molecule has 2 aromatic carbocycles. The van der Waals surface area contributed by atoms with E-state index in [9.17, 15) is 4.79 Å². The molecule has 0 atom stereocenters. The van der Waals surface area contributed by atoms with E-state index >= 15 is 0 Å². The summed E-state index contributed by atoms with van der Waals surface area (Å²) in [7, 11) is 0. The minimum atomic E-state index is -0.964. The third-order valence-electron chi connectivity index (χ3n) is 3.12. The van der Waals surface area contributed by atoms with Gasteiger partial charge in [-0.25, -0.2) is 4.79 Å². The van der Waals surface area contributed by atoms with E-state index in [4.69, 9.17) is 5.11 Å². The molecule has 1 heterocycles. The van der Waals surface area contributed by atoms with Crippen molar-refractivity contribution in [1.29, 1.82) is 0 Å². The summed E-state index contributed by atoms with van der Waals surface area (Å²) in [4.78, 5) is 11.0. The molecular formula is C17H13N3O2. The Labute approximate surface area is 127 Å². The normalized spacial score (nSPS) is 10.2. The average Bonchev–Trinajstić information content (AvgIpc) is 2.56. The summed E-state index contributed by atoms with van der Waals surface area (Å²) in [6.07, 6.45) is 0. The lowest BCUT2D eigenvalue weighted by Crippen LogP contribution is -1.99. The molecule has 0 spiro atoms. The van der Waals surface area contributed by atoms with Crippen molar-refractivity contribution < 1.29 is 9.90 Å². The molecule has 2 N–H and O–H groups in total. The molecule has 0 amide bonds. The zero-order valence-corrected chi connectivity index (χ0v) is 11.6. The topological polar surface area (TPSA) is 75.1 Å². The summed E-state index contributed by atoms with van der Waals surface area (Å²) in [5.41, 5.74) is 2.65. The fraction of sp³-hybridized carbons (Fsp3) is 0. The number of nitrogens with zero attached hydrogens (tertiary/aromatic N) is 2. The monoisotopic (exact) mass is 291 g/mol. The molecule has 0 saturated carbocycles. The van der Waals surface area contributed by atoms with Crippen LogP contribution in [0.15, 0.2) is 66.7 Å². The van der Waals surface area contributed by atoms with Crippen molar-refractivity contribution in [2.45, 2.75) is 0 Å². The number of aromatic nitrogens is 2. The van der Waals surface area contributed by atoms with Gasteiger partial charge in [0.1, 0.15) is 0 Å². The highest BCUT2D eigenvalue weighted by Gasteiger charge is 2.04.